The summed E-state index contributed by atoms with van der Waals surface area (Å²) in [6.45, 7) is 1.03. The zero-order valence-electron chi connectivity index (χ0n) is 20.6. The van der Waals surface area contributed by atoms with Crippen molar-refractivity contribution in [3.63, 3.8) is 0 Å². The van der Waals surface area contributed by atoms with Crippen molar-refractivity contribution in [2.75, 3.05) is 7.11 Å². The summed E-state index contributed by atoms with van der Waals surface area (Å²) in [4.78, 5) is 17.3. The summed E-state index contributed by atoms with van der Waals surface area (Å²) in [5.74, 6) is 0.205. The van der Waals surface area contributed by atoms with Gasteiger partial charge >= 0.3 is 0 Å². The predicted octanol–water partition coefficient (Wildman–Crippen LogP) is 6.07. The van der Waals surface area contributed by atoms with Crippen LogP contribution < -0.4 is 10.1 Å². The number of nitrogens with zero attached hydrogens (tertiary/aromatic N) is 2. The van der Waals surface area contributed by atoms with E-state index >= 15 is 0 Å². The van der Waals surface area contributed by atoms with Crippen LogP contribution in [-0.4, -0.2) is 22.6 Å². The van der Waals surface area contributed by atoms with Gasteiger partial charge in [-0.25, -0.2) is 4.39 Å². The van der Waals surface area contributed by atoms with Gasteiger partial charge < -0.3 is 14.6 Å². The molecule has 0 radical (unpaired) electrons. The van der Waals surface area contributed by atoms with Crippen molar-refractivity contribution < 1.29 is 13.9 Å². The molecule has 1 atom stereocenters. The van der Waals surface area contributed by atoms with Gasteiger partial charge in [-0.2, -0.15) is 0 Å². The fraction of sp³-hybridized carbons (Fsp3) is 0.161. The normalized spacial score (nSPS) is 11.8. The molecule has 6 heteroatoms. The van der Waals surface area contributed by atoms with E-state index in [9.17, 15) is 9.18 Å². The Hall–Kier alpha value is -4.45. The lowest BCUT2D eigenvalue weighted by atomic mass is 9.87. The summed E-state index contributed by atoms with van der Waals surface area (Å²) in [6.07, 6.45) is 5.81. The molecule has 3 aromatic carbocycles. The van der Waals surface area contributed by atoms with E-state index in [1.54, 1.807) is 31.6 Å². The van der Waals surface area contributed by atoms with E-state index in [4.69, 9.17) is 4.74 Å². The van der Waals surface area contributed by atoms with Crippen molar-refractivity contribution in [3.8, 4) is 5.75 Å². The van der Waals surface area contributed by atoms with E-state index in [2.05, 4.69) is 33.2 Å². The van der Waals surface area contributed by atoms with Crippen molar-refractivity contribution in [3.05, 3.63) is 132 Å². The van der Waals surface area contributed by atoms with Gasteiger partial charge in [0.05, 0.1) is 7.11 Å². The number of rotatable bonds is 9. The second-order valence-electron chi connectivity index (χ2n) is 8.99. The highest BCUT2D eigenvalue weighted by Crippen LogP contribution is 2.39. The maximum atomic E-state index is 13.5. The first-order valence-electron chi connectivity index (χ1n) is 12.2. The minimum Gasteiger partial charge on any atom is -0.496 e. The van der Waals surface area contributed by atoms with E-state index in [1.807, 2.05) is 48.5 Å². The highest BCUT2D eigenvalue weighted by molar-refractivity contribution is 5.87. The molecule has 0 fully saturated rings. The number of para-hydroxylation sites is 2. The molecule has 0 saturated heterocycles. The Morgan fingerprint density at radius 3 is 2.43 bits per heavy atom. The van der Waals surface area contributed by atoms with Gasteiger partial charge in [0.15, 0.2) is 0 Å². The number of amides is 1. The molecule has 1 amide bonds. The van der Waals surface area contributed by atoms with Crippen molar-refractivity contribution in [2.45, 2.75) is 25.4 Å². The van der Waals surface area contributed by atoms with Crippen molar-refractivity contribution >= 4 is 16.8 Å². The Morgan fingerprint density at radius 1 is 0.919 bits per heavy atom. The van der Waals surface area contributed by atoms with Gasteiger partial charge in [-0.15, -0.1) is 0 Å². The van der Waals surface area contributed by atoms with Crippen LogP contribution >= 0.6 is 0 Å². The van der Waals surface area contributed by atoms with Crippen LogP contribution in [0.1, 0.15) is 34.6 Å². The number of ether oxygens (including phenoxy) is 1. The summed E-state index contributed by atoms with van der Waals surface area (Å²) >= 11 is 0. The lowest BCUT2D eigenvalue weighted by Crippen LogP contribution is -2.25. The molecule has 2 aromatic heterocycles. The molecule has 1 unspecified atom stereocenters. The topological polar surface area (TPSA) is 56.1 Å². The van der Waals surface area contributed by atoms with Gasteiger partial charge in [0.25, 0.3) is 0 Å². The third-order valence-corrected chi connectivity index (χ3v) is 6.60. The Balaban J connectivity index is 1.52. The number of carbonyl (C=O) groups is 1. The number of methoxy groups -OCH3 is 1. The molecule has 5 nitrogen and oxygen atoms in total. The summed E-state index contributed by atoms with van der Waals surface area (Å²) in [6, 6.07) is 26.4. The van der Waals surface area contributed by atoms with Crippen LogP contribution in [0.15, 0.2) is 104 Å². The number of hydrogen-bond donors (Lipinski definition) is 1. The molecule has 0 aliphatic carbocycles. The number of aromatic nitrogens is 2. The smallest absolute Gasteiger partial charge is 0.221 e. The fourth-order valence-corrected chi connectivity index (χ4v) is 4.77. The average molecular weight is 494 g/mol. The molecule has 5 rings (SSSR count). The van der Waals surface area contributed by atoms with Crippen LogP contribution in [0.4, 0.5) is 4.39 Å². The maximum absolute atomic E-state index is 13.5. The Kier molecular flexibility index (Phi) is 7.26. The quantitative estimate of drug-likeness (QED) is 0.271. The molecule has 1 N–H and O–H groups in total. The number of nitrogens with one attached hydrogen (secondary N) is 1. The highest BCUT2D eigenvalue weighted by atomic mass is 19.1. The number of halogens is 1. The molecular formula is C31H28FN3O2. The summed E-state index contributed by atoms with van der Waals surface area (Å²) in [5, 5.41) is 4.13. The molecule has 0 bridgehead atoms. The number of pyridine rings is 1. The van der Waals surface area contributed by atoms with Gasteiger partial charge in [-0.3, -0.25) is 9.78 Å². The first kappa shape index (κ1) is 24.3. The third-order valence-electron chi connectivity index (χ3n) is 6.60. The molecule has 0 aliphatic heterocycles. The van der Waals surface area contributed by atoms with Gasteiger partial charge in [0.2, 0.25) is 5.91 Å². The van der Waals surface area contributed by atoms with Gasteiger partial charge in [-0.1, -0.05) is 48.5 Å². The van der Waals surface area contributed by atoms with Crippen LogP contribution in [0.5, 0.6) is 5.75 Å². The molecule has 2 heterocycles. The lowest BCUT2D eigenvalue weighted by molar-refractivity contribution is -0.121. The molecule has 0 saturated carbocycles. The number of hydrogen-bond acceptors (Lipinski definition) is 3. The monoisotopic (exact) mass is 493 g/mol. The zero-order valence-corrected chi connectivity index (χ0v) is 20.6. The Labute approximate surface area is 215 Å². The largest absolute Gasteiger partial charge is 0.496 e. The zero-order chi connectivity index (χ0) is 25.6. The maximum Gasteiger partial charge on any atom is 0.221 e. The molecular weight excluding hydrogens is 465 g/mol. The Bertz CT molecular complexity index is 1500. The first-order chi connectivity index (χ1) is 18.1. The van der Waals surface area contributed by atoms with Gasteiger partial charge in [0, 0.05) is 60.5 Å². The number of carbonyl (C=O) groups excluding carboxylic acids is 1. The van der Waals surface area contributed by atoms with Gasteiger partial charge in [-0.05, 0) is 53.1 Å². The van der Waals surface area contributed by atoms with E-state index in [0.717, 1.165) is 38.9 Å². The van der Waals surface area contributed by atoms with E-state index in [-0.39, 0.29) is 24.1 Å². The standard InChI is InChI=1S/C31H28FN3O2/c1-37-30-9-5-3-7-26(30)27(18-31(36)34-19-22-14-16-33-17-15-22)28-21-35(29-8-4-2-6-25(28)29)20-23-10-12-24(32)13-11-23/h2-17,21,27H,18-20H2,1H3,(H,34,36). The predicted molar refractivity (Wildman–Crippen MR) is 143 cm³/mol. The third kappa shape index (κ3) is 5.54. The first-order valence-corrected chi connectivity index (χ1v) is 12.2. The minimum atomic E-state index is -0.254. The summed E-state index contributed by atoms with van der Waals surface area (Å²) in [5.41, 5.74) is 5.04. The minimum absolute atomic E-state index is 0.0527. The molecule has 0 spiro atoms. The summed E-state index contributed by atoms with van der Waals surface area (Å²) < 4.78 is 21.3. The lowest BCUT2D eigenvalue weighted by Gasteiger charge is -2.20. The van der Waals surface area contributed by atoms with E-state index in [1.165, 1.54) is 12.1 Å². The fourth-order valence-electron chi connectivity index (χ4n) is 4.77. The molecule has 0 aliphatic rings. The van der Waals surface area contributed by atoms with Gasteiger partial charge in [0.1, 0.15) is 11.6 Å². The van der Waals surface area contributed by atoms with Crippen molar-refractivity contribution in [1.29, 1.82) is 0 Å². The number of benzene rings is 3. The SMILES string of the molecule is COc1ccccc1C(CC(=O)NCc1ccncc1)c1cn(Cc2ccc(F)cc2)c2ccccc12. The van der Waals surface area contributed by atoms with Crippen LogP contribution in [-0.2, 0) is 17.9 Å². The average Bonchev–Trinajstić information content (AvgIpc) is 3.30. The highest BCUT2D eigenvalue weighted by Gasteiger charge is 2.25. The second-order valence-corrected chi connectivity index (χ2v) is 8.99. The van der Waals surface area contributed by atoms with Crippen molar-refractivity contribution in [2.24, 2.45) is 0 Å². The van der Waals surface area contributed by atoms with Crippen LogP contribution in [0.3, 0.4) is 0 Å². The molecule has 186 valence electrons. The van der Waals surface area contributed by atoms with E-state index in [0.29, 0.717) is 13.1 Å². The van der Waals surface area contributed by atoms with Crippen LogP contribution in [0.2, 0.25) is 0 Å². The molecule has 5 aromatic rings. The number of fused-ring (bicyclic) bond motifs is 1. The van der Waals surface area contributed by atoms with Crippen LogP contribution in [0, 0.1) is 5.82 Å². The molecule has 37 heavy (non-hydrogen) atoms. The van der Waals surface area contributed by atoms with Crippen molar-refractivity contribution in [1.82, 2.24) is 14.9 Å². The van der Waals surface area contributed by atoms with Crippen LogP contribution in [0.25, 0.3) is 10.9 Å². The second kappa shape index (κ2) is 11.1. The summed E-state index contributed by atoms with van der Waals surface area (Å²) in [7, 11) is 1.65. The Morgan fingerprint density at radius 2 is 1.65 bits per heavy atom. The van der Waals surface area contributed by atoms with E-state index < -0.39 is 0 Å².